The molecule has 0 fully saturated rings. The van der Waals surface area contributed by atoms with E-state index in [1.165, 1.54) is 11.3 Å². The molecule has 0 saturated heterocycles. The smallest absolute Gasteiger partial charge is 0.262 e. The molecule has 0 radical (unpaired) electrons. The molecule has 23 heavy (non-hydrogen) atoms. The first-order valence-electron chi connectivity index (χ1n) is 6.89. The second-order valence-corrected chi connectivity index (χ2v) is 5.44. The Balaban J connectivity index is 2.00. The normalized spacial score (nSPS) is 10.3. The molecular formula is C17H16N2O3S. The van der Waals surface area contributed by atoms with E-state index in [0.717, 1.165) is 5.56 Å². The number of benzene rings is 1. The Morgan fingerprint density at radius 1 is 1.39 bits per heavy atom. The summed E-state index contributed by atoms with van der Waals surface area (Å²) in [5.74, 6) is 0.716. The zero-order chi connectivity index (χ0) is 16.7. The minimum atomic E-state index is -0.330. The van der Waals surface area contributed by atoms with E-state index in [2.05, 4.69) is 5.32 Å². The lowest BCUT2D eigenvalue weighted by Gasteiger charge is -2.11. The third-order valence-corrected chi connectivity index (χ3v) is 3.77. The molecule has 2 rings (SSSR count). The summed E-state index contributed by atoms with van der Waals surface area (Å²) in [6.45, 7) is 1.77. The van der Waals surface area contributed by atoms with Gasteiger partial charge in [0.25, 0.3) is 5.91 Å². The Morgan fingerprint density at radius 2 is 2.22 bits per heavy atom. The number of amides is 1. The van der Waals surface area contributed by atoms with E-state index in [1.807, 2.05) is 37.3 Å². The molecule has 0 saturated carbocycles. The molecule has 0 atom stereocenters. The molecule has 1 heterocycles. The number of carbonyl (C=O) groups excluding carboxylic acids is 1. The first-order chi connectivity index (χ1) is 11.2. The van der Waals surface area contributed by atoms with Crippen LogP contribution in [0.25, 0.3) is 6.08 Å². The van der Waals surface area contributed by atoms with E-state index in [9.17, 15) is 4.79 Å². The first-order valence-corrected chi connectivity index (χ1v) is 7.77. The Hall–Kier alpha value is -2.78. The second kappa shape index (κ2) is 8.01. The SMILES string of the molecule is CC=Cc1ccc(OCC(=O)Nc2sccc2C#N)c(OC)c1. The van der Waals surface area contributed by atoms with Crippen molar-refractivity contribution in [1.29, 1.82) is 5.26 Å². The van der Waals surface area contributed by atoms with Gasteiger partial charge in [0.2, 0.25) is 0 Å². The minimum Gasteiger partial charge on any atom is -0.493 e. The maximum Gasteiger partial charge on any atom is 0.262 e. The third-order valence-electron chi connectivity index (χ3n) is 2.94. The van der Waals surface area contributed by atoms with E-state index in [1.54, 1.807) is 24.6 Å². The number of ether oxygens (including phenoxy) is 2. The number of methoxy groups -OCH3 is 1. The molecule has 0 aliphatic heterocycles. The van der Waals surface area contributed by atoms with Gasteiger partial charge >= 0.3 is 0 Å². The Bertz CT molecular complexity index is 759. The van der Waals surface area contributed by atoms with Crippen LogP contribution in [0.15, 0.2) is 35.7 Å². The quantitative estimate of drug-likeness (QED) is 0.878. The van der Waals surface area contributed by atoms with Gasteiger partial charge in [0.1, 0.15) is 11.1 Å². The molecule has 1 aromatic heterocycles. The van der Waals surface area contributed by atoms with Gasteiger partial charge in [-0.15, -0.1) is 11.3 Å². The van der Waals surface area contributed by atoms with Gasteiger partial charge in [0.05, 0.1) is 12.7 Å². The van der Waals surface area contributed by atoms with Gasteiger partial charge in [-0.2, -0.15) is 5.26 Å². The van der Waals surface area contributed by atoms with Crippen molar-refractivity contribution in [2.24, 2.45) is 0 Å². The summed E-state index contributed by atoms with van der Waals surface area (Å²) in [7, 11) is 1.55. The molecule has 1 aromatic carbocycles. The van der Waals surface area contributed by atoms with Gasteiger partial charge in [-0.1, -0.05) is 18.2 Å². The van der Waals surface area contributed by atoms with Crippen molar-refractivity contribution < 1.29 is 14.3 Å². The lowest BCUT2D eigenvalue weighted by Crippen LogP contribution is -2.20. The van der Waals surface area contributed by atoms with Crippen LogP contribution in [0.4, 0.5) is 5.00 Å². The maximum atomic E-state index is 11.9. The van der Waals surface area contributed by atoms with E-state index in [4.69, 9.17) is 14.7 Å². The van der Waals surface area contributed by atoms with Crippen LogP contribution in [0, 0.1) is 11.3 Å². The van der Waals surface area contributed by atoms with Crippen LogP contribution in [0.1, 0.15) is 18.1 Å². The van der Waals surface area contributed by atoms with Crippen LogP contribution >= 0.6 is 11.3 Å². The number of nitrogens with zero attached hydrogens (tertiary/aromatic N) is 1. The molecule has 0 aliphatic carbocycles. The van der Waals surface area contributed by atoms with Gasteiger partial charge in [0.15, 0.2) is 18.1 Å². The van der Waals surface area contributed by atoms with Gasteiger partial charge < -0.3 is 14.8 Å². The predicted octanol–water partition coefficient (Wildman–Crippen LogP) is 3.68. The van der Waals surface area contributed by atoms with Crippen molar-refractivity contribution in [3.8, 4) is 17.6 Å². The molecule has 0 spiro atoms. The van der Waals surface area contributed by atoms with Gasteiger partial charge in [-0.25, -0.2) is 0 Å². The second-order valence-electron chi connectivity index (χ2n) is 4.52. The molecular weight excluding hydrogens is 312 g/mol. The minimum absolute atomic E-state index is 0.165. The maximum absolute atomic E-state index is 11.9. The lowest BCUT2D eigenvalue weighted by molar-refractivity contribution is -0.118. The predicted molar refractivity (Wildman–Crippen MR) is 90.9 cm³/mol. The summed E-state index contributed by atoms with van der Waals surface area (Å²) in [6, 6.07) is 9.15. The Morgan fingerprint density at radius 3 is 2.91 bits per heavy atom. The zero-order valence-corrected chi connectivity index (χ0v) is 13.6. The van der Waals surface area contributed by atoms with Crippen molar-refractivity contribution in [3.05, 3.63) is 46.8 Å². The first kappa shape index (κ1) is 16.6. The topological polar surface area (TPSA) is 71.3 Å². The number of allylic oxidation sites excluding steroid dienone is 1. The lowest BCUT2D eigenvalue weighted by atomic mass is 10.2. The van der Waals surface area contributed by atoms with Gasteiger partial charge in [0, 0.05) is 0 Å². The molecule has 118 valence electrons. The summed E-state index contributed by atoms with van der Waals surface area (Å²) in [6.07, 6.45) is 3.87. The summed E-state index contributed by atoms with van der Waals surface area (Å²) in [5, 5.41) is 13.9. The number of nitriles is 1. The van der Waals surface area contributed by atoms with Crippen molar-refractivity contribution in [1.82, 2.24) is 0 Å². The Labute approximate surface area is 138 Å². The monoisotopic (exact) mass is 328 g/mol. The highest BCUT2D eigenvalue weighted by Crippen LogP contribution is 2.28. The van der Waals surface area contributed by atoms with Crippen molar-refractivity contribution in [3.63, 3.8) is 0 Å². The van der Waals surface area contributed by atoms with Crippen LogP contribution in [-0.2, 0) is 4.79 Å². The summed E-state index contributed by atoms with van der Waals surface area (Å²) >= 11 is 1.30. The number of nitrogens with one attached hydrogen (secondary N) is 1. The highest BCUT2D eigenvalue weighted by Gasteiger charge is 2.11. The molecule has 5 nitrogen and oxygen atoms in total. The number of rotatable bonds is 6. The molecule has 0 unspecified atom stereocenters. The number of anilines is 1. The van der Waals surface area contributed by atoms with Crippen LogP contribution in [0.2, 0.25) is 0 Å². The van der Waals surface area contributed by atoms with Crippen molar-refractivity contribution in [2.45, 2.75) is 6.92 Å². The summed E-state index contributed by atoms with van der Waals surface area (Å²) in [5.41, 5.74) is 1.43. The van der Waals surface area contributed by atoms with Crippen LogP contribution < -0.4 is 14.8 Å². The number of carbonyl (C=O) groups is 1. The molecule has 2 aromatic rings. The number of hydrogen-bond donors (Lipinski definition) is 1. The van der Waals surface area contributed by atoms with E-state index >= 15 is 0 Å². The largest absolute Gasteiger partial charge is 0.493 e. The fourth-order valence-electron chi connectivity index (χ4n) is 1.90. The fourth-order valence-corrected chi connectivity index (χ4v) is 2.65. The number of hydrogen-bond acceptors (Lipinski definition) is 5. The number of thiophene rings is 1. The van der Waals surface area contributed by atoms with E-state index in [-0.39, 0.29) is 12.5 Å². The van der Waals surface area contributed by atoms with Gasteiger partial charge in [-0.3, -0.25) is 4.79 Å². The highest BCUT2D eigenvalue weighted by atomic mass is 32.1. The molecule has 6 heteroatoms. The third kappa shape index (κ3) is 4.34. The molecule has 0 bridgehead atoms. The van der Waals surface area contributed by atoms with Crippen LogP contribution in [0.5, 0.6) is 11.5 Å². The average molecular weight is 328 g/mol. The van der Waals surface area contributed by atoms with E-state index in [0.29, 0.717) is 22.1 Å². The van der Waals surface area contributed by atoms with Crippen molar-refractivity contribution >= 4 is 28.3 Å². The van der Waals surface area contributed by atoms with Crippen LogP contribution in [-0.4, -0.2) is 19.6 Å². The average Bonchev–Trinajstić information content (AvgIpc) is 3.00. The zero-order valence-electron chi connectivity index (χ0n) is 12.8. The fraction of sp³-hybridized carbons (Fsp3) is 0.176. The molecule has 0 aliphatic rings. The summed E-state index contributed by atoms with van der Waals surface area (Å²) < 4.78 is 10.8. The van der Waals surface area contributed by atoms with Crippen molar-refractivity contribution in [2.75, 3.05) is 19.0 Å². The molecule has 1 N–H and O–H groups in total. The highest BCUT2D eigenvalue weighted by molar-refractivity contribution is 7.14. The van der Waals surface area contributed by atoms with Gasteiger partial charge in [-0.05, 0) is 36.1 Å². The van der Waals surface area contributed by atoms with E-state index < -0.39 is 0 Å². The van der Waals surface area contributed by atoms with Crippen LogP contribution in [0.3, 0.4) is 0 Å². The Kier molecular flexibility index (Phi) is 5.78. The standard InChI is InChI=1S/C17H16N2O3S/c1-3-4-12-5-6-14(15(9-12)21-2)22-11-16(20)19-17-13(10-18)7-8-23-17/h3-9H,11H2,1-2H3,(H,19,20). The molecule has 1 amide bonds. The summed E-state index contributed by atoms with van der Waals surface area (Å²) in [4.78, 5) is 11.9.